The number of hydrogen-bond acceptors (Lipinski definition) is 3. The van der Waals surface area contributed by atoms with Gasteiger partial charge in [-0.15, -0.1) is 0 Å². The fraction of sp³-hybridized carbons (Fsp3) is 0.875. The number of nitrogens with two attached hydrogens (primary N) is 1. The summed E-state index contributed by atoms with van der Waals surface area (Å²) in [6.45, 7) is 0.745. The van der Waals surface area contributed by atoms with Crippen LogP contribution in [0.15, 0.2) is 0 Å². The van der Waals surface area contributed by atoms with E-state index in [0.717, 1.165) is 24.5 Å². The largest absolute Gasteiger partial charge is 0.349 e. The first-order valence-electron chi connectivity index (χ1n) is 4.16. The molecule has 0 radical (unpaired) electrons. The van der Waals surface area contributed by atoms with Crippen LogP contribution in [0.2, 0.25) is 0 Å². The van der Waals surface area contributed by atoms with Crippen molar-refractivity contribution in [2.45, 2.75) is 12.8 Å². The molecule has 0 aromatic rings. The van der Waals surface area contributed by atoms with E-state index in [1.54, 1.807) is 30.8 Å². The Morgan fingerprint density at radius 3 is 2.58 bits per heavy atom. The Morgan fingerprint density at radius 1 is 1.42 bits per heavy atom. The summed E-state index contributed by atoms with van der Waals surface area (Å²) >= 11 is 1.80. The topological polar surface area (TPSA) is 46.3 Å². The fourth-order valence-electron chi connectivity index (χ4n) is 0.671. The third kappa shape index (κ3) is 6.49. The maximum Gasteiger partial charge on any atom is 0.222 e. The van der Waals surface area contributed by atoms with Crippen molar-refractivity contribution in [1.82, 2.24) is 4.90 Å². The molecule has 0 rings (SSSR count). The lowest BCUT2D eigenvalue weighted by Crippen LogP contribution is -2.21. The molecule has 0 saturated heterocycles. The van der Waals surface area contributed by atoms with Crippen molar-refractivity contribution in [2.75, 3.05) is 32.1 Å². The molecule has 2 N–H and O–H groups in total. The lowest BCUT2D eigenvalue weighted by molar-refractivity contribution is -0.128. The van der Waals surface area contributed by atoms with E-state index < -0.39 is 0 Å². The summed E-state index contributed by atoms with van der Waals surface area (Å²) in [4.78, 5) is 12.7. The van der Waals surface area contributed by atoms with Crippen LogP contribution in [0.5, 0.6) is 0 Å². The molecular formula is C8H18N2OS. The molecule has 0 bridgehead atoms. The summed E-state index contributed by atoms with van der Waals surface area (Å²) in [5, 5.41) is 0. The van der Waals surface area contributed by atoms with Gasteiger partial charge < -0.3 is 10.6 Å². The van der Waals surface area contributed by atoms with Gasteiger partial charge in [0.05, 0.1) is 0 Å². The molecule has 0 unspecified atom stereocenters. The molecule has 3 nitrogen and oxygen atoms in total. The maximum atomic E-state index is 11.1. The van der Waals surface area contributed by atoms with Crippen molar-refractivity contribution in [2.24, 2.45) is 5.73 Å². The highest BCUT2D eigenvalue weighted by Gasteiger charge is 2.02. The Hall–Kier alpha value is -0.220. The first-order chi connectivity index (χ1) is 5.68. The Labute approximate surface area is 78.7 Å². The summed E-state index contributed by atoms with van der Waals surface area (Å²) in [6, 6.07) is 0. The van der Waals surface area contributed by atoms with Gasteiger partial charge in [-0.25, -0.2) is 0 Å². The zero-order valence-electron chi connectivity index (χ0n) is 7.88. The van der Waals surface area contributed by atoms with Gasteiger partial charge in [0.25, 0.3) is 0 Å². The Bertz CT molecular complexity index is 128. The van der Waals surface area contributed by atoms with E-state index >= 15 is 0 Å². The predicted molar refractivity (Wildman–Crippen MR) is 54.3 cm³/mol. The van der Waals surface area contributed by atoms with Crippen molar-refractivity contribution in [3.63, 3.8) is 0 Å². The molecule has 0 aliphatic rings. The van der Waals surface area contributed by atoms with Gasteiger partial charge in [-0.3, -0.25) is 4.79 Å². The van der Waals surface area contributed by atoms with Crippen molar-refractivity contribution in [3.8, 4) is 0 Å². The Kier molecular flexibility index (Phi) is 7.29. The maximum absolute atomic E-state index is 11.1. The lowest BCUT2D eigenvalue weighted by Gasteiger charge is -2.09. The van der Waals surface area contributed by atoms with Crippen molar-refractivity contribution in [1.29, 1.82) is 0 Å². The molecule has 0 saturated carbocycles. The van der Waals surface area contributed by atoms with Crippen molar-refractivity contribution in [3.05, 3.63) is 0 Å². The van der Waals surface area contributed by atoms with E-state index in [9.17, 15) is 4.79 Å². The van der Waals surface area contributed by atoms with Crippen LogP contribution in [0.1, 0.15) is 12.8 Å². The first kappa shape index (κ1) is 11.8. The van der Waals surface area contributed by atoms with Crippen LogP contribution in [0.3, 0.4) is 0 Å². The number of thioether (sulfide) groups is 1. The predicted octanol–water partition coefficient (Wildman–Crippen LogP) is 0.547. The highest BCUT2D eigenvalue weighted by Crippen LogP contribution is 2.04. The normalized spacial score (nSPS) is 9.92. The Morgan fingerprint density at radius 2 is 2.08 bits per heavy atom. The van der Waals surface area contributed by atoms with E-state index in [0.29, 0.717) is 6.42 Å². The molecule has 12 heavy (non-hydrogen) atoms. The van der Waals surface area contributed by atoms with Crippen LogP contribution in [0.25, 0.3) is 0 Å². The number of carbonyl (C=O) groups is 1. The number of hydrogen-bond donors (Lipinski definition) is 1. The molecular weight excluding hydrogens is 172 g/mol. The summed E-state index contributed by atoms with van der Waals surface area (Å²) in [6.07, 6.45) is 1.68. The van der Waals surface area contributed by atoms with Crippen molar-refractivity contribution >= 4 is 17.7 Å². The summed E-state index contributed by atoms with van der Waals surface area (Å²) in [7, 11) is 3.57. The molecule has 72 valence electrons. The van der Waals surface area contributed by atoms with Crippen molar-refractivity contribution < 1.29 is 4.79 Å². The summed E-state index contributed by atoms with van der Waals surface area (Å²) in [5.41, 5.74) is 5.33. The minimum absolute atomic E-state index is 0.204. The number of rotatable bonds is 6. The first-order valence-corrected chi connectivity index (χ1v) is 5.32. The van der Waals surface area contributed by atoms with E-state index in [1.165, 1.54) is 0 Å². The van der Waals surface area contributed by atoms with Crippen LogP contribution >= 0.6 is 11.8 Å². The van der Waals surface area contributed by atoms with Gasteiger partial charge in [0, 0.05) is 26.3 Å². The van der Waals surface area contributed by atoms with Crippen LogP contribution in [0.4, 0.5) is 0 Å². The number of carbonyl (C=O) groups excluding carboxylic acids is 1. The highest BCUT2D eigenvalue weighted by molar-refractivity contribution is 7.99. The molecule has 0 aromatic carbocycles. The van der Waals surface area contributed by atoms with Gasteiger partial charge in [0.15, 0.2) is 0 Å². The van der Waals surface area contributed by atoms with Gasteiger partial charge in [-0.1, -0.05) is 0 Å². The smallest absolute Gasteiger partial charge is 0.222 e. The molecule has 4 heteroatoms. The summed E-state index contributed by atoms with van der Waals surface area (Å²) in [5.74, 6) is 2.18. The van der Waals surface area contributed by atoms with Gasteiger partial charge in [-0.05, 0) is 18.7 Å². The van der Waals surface area contributed by atoms with E-state index in [4.69, 9.17) is 5.73 Å². The molecule has 0 aliphatic heterocycles. The molecule has 0 aliphatic carbocycles. The average molecular weight is 190 g/mol. The molecule has 0 aromatic heterocycles. The minimum Gasteiger partial charge on any atom is -0.349 e. The third-order valence-electron chi connectivity index (χ3n) is 1.45. The average Bonchev–Trinajstić information content (AvgIpc) is 2.03. The van der Waals surface area contributed by atoms with Crippen LogP contribution in [-0.4, -0.2) is 43.0 Å². The monoisotopic (exact) mass is 190 g/mol. The fourth-order valence-corrected chi connectivity index (χ4v) is 1.56. The zero-order chi connectivity index (χ0) is 9.40. The number of nitrogens with zero attached hydrogens (tertiary/aromatic N) is 1. The van der Waals surface area contributed by atoms with Gasteiger partial charge in [0.2, 0.25) is 5.91 Å². The van der Waals surface area contributed by atoms with Crippen LogP contribution in [-0.2, 0) is 4.79 Å². The molecule has 1 amide bonds. The zero-order valence-corrected chi connectivity index (χ0v) is 8.69. The van der Waals surface area contributed by atoms with Gasteiger partial charge >= 0.3 is 0 Å². The molecule has 0 heterocycles. The van der Waals surface area contributed by atoms with E-state index in [-0.39, 0.29) is 5.91 Å². The van der Waals surface area contributed by atoms with Gasteiger partial charge in [0.1, 0.15) is 0 Å². The second-order valence-corrected chi connectivity index (χ2v) is 4.02. The van der Waals surface area contributed by atoms with E-state index in [1.807, 2.05) is 0 Å². The minimum atomic E-state index is 0.204. The van der Waals surface area contributed by atoms with E-state index in [2.05, 4.69) is 0 Å². The SMILES string of the molecule is CN(C)C(=O)CCSCCCN. The quantitative estimate of drug-likeness (QED) is 0.622. The molecule has 0 spiro atoms. The molecule has 0 fully saturated rings. The molecule has 0 atom stereocenters. The van der Waals surface area contributed by atoms with Crippen LogP contribution in [0, 0.1) is 0 Å². The lowest BCUT2D eigenvalue weighted by atomic mass is 10.4. The highest BCUT2D eigenvalue weighted by atomic mass is 32.2. The third-order valence-corrected chi connectivity index (χ3v) is 2.52. The Balaban J connectivity index is 3.14. The summed E-state index contributed by atoms with van der Waals surface area (Å²) < 4.78 is 0. The van der Waals surface area contributed by atoms with Crippen LogP contribution < -0.4 is 5.73 Å². The second kappa shape index (κ2) is 7.43. The standard InChI is InChI=1S/C8H18N2OS/c1-10(2)8(11)4-7-12-6-3-5-9/h3-7,9H2,1-2H3. The number of amides is 1. The van der Waals surface area contributed by atoms with Gasteiger partial charge in [-0.2, -0.15) is 11.8 Å². The second-order valence-electron chi connectivity index (χ2n) is 2.79.